The van der Waals surface area contributed by atoms with Gasteiger partial charge in [0.15, 0.2) is 0 Å². The third-order valence-corrected chi connectivity index (χ3v) is 3.58. The molecule has 2 rings (SSSR count). The van der Waals surface area contributed by atoms with Gasteiger partial charge in [-0.15, -0.1) is 0 Å². The van der Waals surface area contributed by atoms with E-state index in [1.54, 1.807) is 0 Å². The first-order chi connectivity index (χ1) is 8.70. The molecule has 1 aromatic rings. The number of hydrogen-bond donors (Lipinski definition) is 1. The largest absolute Gasteiger partial charge is 0.390 e. The van der Waals surface area contributed by atoms with Crippen LogP contribution in [0.2, 0.25) is 0 Å². The monoisotopic (exact) mass is 314 g/mol. The Balaban J connectivity index is 1.80. The highest BCUT2D eigenvalue weighted by Gasteiger charge is 2.41. The van der Waals surface area contributed by atoms with Gasteiger partial charge in [0.25, 0.3) is 0 Å². The summed E-state index contributed by atoms with van der Waals surface area (Å²) < 4.78 is 12.4. The Labute approximate surface area is 116 Å². The van der Waals surface area contributed by atoms with Gasteiger partial charge >= 0.3 is 0 Å². The maximum Gasteiger partial charge on any atom is 0.110 e. The highest BCUT2D eigenvalue weighted by molar-refractivity contribution is 9.10. The number of hydrogen-bond acceptors (Lipinski definition) is 3. The average Bonchev–Trinajstić information content (AvgIpc) is 2.34. The molecule has 1 N–H and O–H groups in total. The Bertz CT molecular complexity index is 383. The Morgan fingerprint density at radius 3 is 2.89 bits per heavy atom. The number of benzene rings is 1. The summed E-state index contributed by atoms with van der Waals surface area (Å²) in [4.78, 5) is 0. The molecule has 1 aromatic carbocycles. The number of aliphatic hydroxyl groups excluding tert-OH is 1. The van der Waals surface area contributed by atoms with Crippen LogP contribution in [0.3, 0.4) is 0 Å². The highest BCUT2D eigenvalue weighted by Crippen LogP contribution is 2.28. The van der Waals surface area contributed by atoms with Gasteiger partial charge in [0.05, 0.1) is 18.8 Å². The molecule has 0 radical (unpaired) electrons. The van der Waals surface area contributed by atoms with E-state index in [0.29, 0.717) is 19.6 Å². The molecule has 3 unspecified atom stereocenters. The number of halogens is 1. The lowest BCUT2D eigenvalue weighted by atomic mass is 9.88. The Kier molecular flexibility index (Phi) is 5.18. The third kappa shape index (κ3) is 3.54. The molecule has 0 amide bonds. The van der Waals surface area contributed by atoms with Crippen molar-refractivity contribution in [2.75, 3.05) is 6.61 Å². The van der Waals surface area contributed by atoms with Gasteiger partial charge in [-0.2, -0.15) is 0 Å². The van der Waals surface area contributed by atoms with Crippen LogP contribution in [-0.4, -0.2) is 30.0 Å². The van der Waals surface area contributed by atoms with Gasteiger partial charge in [0, 0.05) is 17.5 Å². The normalized spacial score (nSPS) is 26.9. The number of aliphatic hydroxyl groups is 1. The van der Waals surface area contributed by atoms with Crippen LogP contribution in [-0.2, 0) is 16.1 Å². The van der Waals surface area contributed by atoms with Crippen LogP contribution >= 0.6 is 15.9 Å². The number of ether oxygens (including phenoxy) is 2. The summed E-state index contributed by atoms with van der Waals surface area (Å²) in [7, 11) is 0. The first-order valence-corrected chi connectivity index (χ1v) is 7.15. The van der Waals surface area contributed by atoms with Crippen molar-refractivity contribution in [3.63, 3.8) is 0 Å². The van der Waals surface area contributed by atoms with Crippen LogP contribution in [0.15, 0.2) is 28.7 Å². The summed E-state index contributed by atoms with van der Waals surface area (Å²) in [6, 6.07) is 8.05. The van der Waals surface area contributed by atoms with Crippen LogP contribution in [0.4, 0.5) is 0 Å². The zero-order chi connectivity index (χ0) is 13.0. The van der Waals surface area contributed by atoms with E-state index in [2.05, 4.69) is 22.9 Å². The summed E-state index contributed by atoms with van der Waals surface area (Å²) in [6.07, 6.45) is 1.12. The summed E-state index contributed by atoms with van der Waals surface area (Å²) >= 11 is 3.44. The molecular formula is C14H19BrO3. The lowest BCUT2D eigenvalue weighted by molar-refractivity contribution is -0.196. The van der Waals surface area contributed by atoms with Gasteiger partial charge in [-0.3, -0.25) is 0 Å². The van der Waals surface area contributed by atoms with Gasteiger partial charge in [-0.1, -0.05) is 35.0 Å². The fraction of sp³-hybridized carbons (Fsp3) is 0.571. The van der Waals surface area contributed by atoms with Gasteiger partial charge in [0.1, 0.15) is 6.10 Å². The fourth-order valence-corrected chi connectivity index (χ4v) is 2.47. The molecule has 0 bridgehead atoms. The van der Waals surface area contributed by atoms with Crippen molar-refractivity contribution in [2.24, 2.45) is 0 Å². The molecular weight excluding hydrogens is 296 g/mol. The van der Waals surface area contributed by atoms with Crippen LogP contribution in [0, 0.1) is 0 Å². The molecule has 1 aliphatic rings. The Morgan fingerprint density at radius 2 is 2.22 bits per heavy atom. The first-order valence-electron chi connectivity index (χ1n) is 6.36. The van der Waals surface area contributed by atoms with Gasteiger partial charge < -0.3 is 14.6 Å². The van der Waals surface area contributed by atoms with Crippen molar-refractivity contribution >= 4 is 15.9 Å². The molecule has 0 saturated heterocycles. The number of rotatable bonds is 6. The Morgan fingerprint density at radius 1 is 1.39 bits per heavy atom. The van der Waals surface area contributed by atoms with Crippen LogP contribution in [0.5, 0.6) is 0 Å². The molecule has 0 spiro atoms. The molecule has 0 heterocycles. The molecule has 0 aliphatic heterocycles. The summed E-state index contributed by atoms with van der Waals surface area (Å²) in [5.41, 5.74) is 1.13. The topological polar surface area (TPSA) is 38.7 Å². The maximum atomic E-state index is 9.63. The minimum Gasteiger partial charge on any atom is -0.390 e. The second kappa shape index (κ2) is 6.66. The molecule has 18 heavy (non-hydrogen) atoms. The standard InChI is InChI=1S/C14H19BrO3/c1-2-6-17-14-12(16)8-13(14)18-9-10-4-3-5-11(15)7-10/h3-5,7,12-14,16H,2,6,8-9H2,1H3. The third-order valence-electron chi connectivity index (χ3n) is 3.09. The molecule has 0 aromatic heterocycles. The fourth-order valence-electron chi connectivity index (χ4n) is 2.02. The summed E-state index contributed by atoms with van der Waals surface area (Å²) in [5.74, 6) is 0. The zero-order valence-electron chi connectivity index (χ0n) is 10.5. The van der Waals surface area contributed by atoms with Crippen molar-refractivity contribution in [1.82, 2.24) is 0 Å². The second-order valence-electron chi connectivity index (χ2n) is 4.62. The minimum absolute atomic E-state index is 0.0190. The predicted molar refractivity (Wildman–Crippen MR) is 73.4 cm³/mol. The van der Waals surface area contributed by atoms with Crippen LogP contribution < -0.4 is 0 Å². The SMILES string of the molecule is CCCOC1C(O)CC1OCc1cccc(Br)c1. The summed E-state index contributed by atoms with van der Waals surface area (Å²) in [5, 5.41) is 9.63. The first kappa shape index (κ1) is 14.0. The van der Waals surface area contributed by atoms with E-state index in [1.807, 2.05) is 24.3 Å². The quantitative estimate of drug-likeness (QED) is 0.877. The zero-order valence-corrected chi connectivity index (χ0v) is 12.1. The highest BCUT2D eigenvalue weighted by atomic mass is 79.9. The predicted octanol–water partition coefficient (Wildman–Crippen LogP) is 2.89. The molecule has 3 nitrogen and oxygen atoms in total. The van der Waals surface area contributed by atoms with Crippen molar-refractivity contribution in [1.29, 1.82) is 0 Å². The van der Waals surface area contributed by atoms with Crippen LogP contribution in [0.25, 0.3) is 0 Å². The molecule has 4 heteroatoms. The van der Waals surface area contributed by atoms with Crippen molar-refractivity contribution < 1.29 is 14.6 Å². The van der Waals surface area contributed by atoms with E-state index < -0.39 is 0 Å². The Hall–Kier alpha value is -0.420. The van der Waals surface area contributed by atoms with Crippen LogP contribution in [0.1, 0.15) is 25.3 Å². The molecule has 100 valence electrons. The lowest BCUT2D eigenvalue weighted by Gasteiger charge is -2.40. The van der Waals surface area contributed by atoms with Gasteiger partial charge in [-0.25, -0.2) is 0 Å². The minimum atomic E-state index is -0.371. The van der Waals surface area contributed by atoms with Gasteiger partial charge in [0.2, 0.25) is 0 Å². The van der Waals surface area contributed by atoms with E-state index in [1.165, 1.54) is 0 Å². The average molecular weight is 315 g/mol. The van der Waals surface area contributed by atoms with Crippen molar-refractivity contribution in [3.8, 4) is 0 Å². The van der Waals surface area contributed by atoms with E-state index in [0.717, 1.165) is 16.5 Å². The maximum absolute atomic E-state index is 9.63. The molecule has 3 atom stereocenters. The van der Waals surface area contributed by atoms with E-state index in [9.17, 15) is 5.11 Å². The lowest BCUT2D eigenvalue weighted by Crippen LogP contribution is -2.53. The van der Waals surface area contributed by atoms with E-state index in [4.69, 9.17) is 9.47 Å². The van der Waals surface area contributed by atoms with Crippen molar-refractivity contribution in [2.45, 2.75) is 44.7 Å². The molecule has 1 saturated carbocycles. The van der Waals surface area contributed by atoms with Gasteiger partial charge in [-0.05, 0) is 24.1 Å². The van der Waals surface area contributed by atoms with E-state index in [-0.39, 0.29) is 18.3 Å². The van der Waals surface area contributed by atoms with Crippen molar-refractivity contribution in [3.05, 3.63) is 34.3 Å². The smallest absolute Gasteiger partial charge is 0.110 e. The summed E-state index contributed by atoms with van der Waals surface area (Å²) in [6.45, 7) is 3.30. The molecule has 1 fully saturated rings. The second-order valence-corrected chi connectivity index (χ2v) is 5.53. The molecule has 1 aliphatic carbocycles. The van der Waals surface area contributed by atoms with E-state index >= 15 is 0 Å².